The van der Waals surface area contributed by atoms with Crippen LogP contribution in [0.2, 0.25) is 0 Å². The number of amides is 1. The second kappa shape index (κ2) is 8.31. The number of rotatable bonds is 8. The van der Waals surface area contributed by atoms with Crippen LogP contribution in [0.5, 0.6) is 5.75 Å². The predicted octanol–water partition coefficient (Wildman–Crippen LogP) is 2.62. The third-order valence-electron chi connectivity index (χ3n) is 4.63. The van der Waals surface area contributed by atoms with Crippen molar-refractivity contribution in [3.8, 4) is 5.75 Å². The standard InChI is InChI=1S/C18H29N3O2/c1-3-21(4-2)13-14-23-16-9-7-15(8-10-16)20-17(22)18(19)11-5-6-12-18/h7-10H,3-6,11-14,19H2,1-2H3,(H,20,22). The number of ether oxygens (including phenoxy) is 1. The van der Waals surface area contributed by atoms with Gasteiger partial charge in [-0.1, -0.05) is 26.7 Å². The van der Waals surface area contributed by atoms with Crippen LogP contribution in [0.15, 0.2) is 24.3 Å². The lowest BCUT2D eigenvalue weighted by molar-refractivity contribution is -0.121. The number of likely N-dealkylation sites (N-methyl/N-ethyl adjacent to an activating group) is 1. The summed E-state index contributed by atoms with van der Waals surface area (Å²) in [6.45, 7) is 7.95. The Bertz CT molecular complexity index is 491. The van der Waals surface area contributed by atoms with E-state index < -0.39 is 5.54 Å². The maximum atomic E-state index is 12.3. The van der Waals surface area contributed by atoms with Gasteiger partial charge in [0.1, 0.15) is 12.4 Å². The topological polar surface area (TPSA) is 67.6 Å². The lowest BCUT2D eigenvalue weighted by Gasteiger charge is -2.22. The Balaban J connectivity index is 1.81. The van der Waals surface area contributed by atoms with Gasteiger partial charge in [-0.3, -0.25) is 4.79 Å². The van der Waals surface area contributed by atoms with E-state index in [1.165, 1.54) is 0 Å². The van der Waals surface area contributed by atoms with E-state index in [1.807, 2.05) is 24.3 Å². The molecule has 2 rings (SSSR count). The Hall–Kier alpha value is -1.59. The van der Waals surface area contributed by atoms with Gasteiger partial charge in [-0.2, -0.15) is 0 Å². The molecule has 0 spiro atoms. The Morgan fingerprint density at radius 3 is 2.39 bits per heavy atom. The average Bonchev–Trinajstić information content (AvgIpc) is 3.01. The molecule has 1 fully saturated rings. The molecule has 0 atom stereocenters. The first kappa shape index (κ1) is 17.8. The van der Waals surface area contributed by atoms with Gasteiger partial charge in [0.05, 0.1) is 5.54 Å². The van der Waals surface area contributed by atoms with Gasteiger partial charge in [-0.05, 0) is 50.2 Å². The molecule has 1 aliphatic carbocycles. The van der Waals surface area contributed by atoms with Crippen LogP contribution in [0.25, 0.3) is 0 Å². The van der Waals surface area contributed by atoms with E-state index in [0.29, 0.717) is 6.61 Å². The van der Waals surface area contributed by atoms with Crippen molar-refractivity contribution in [2.75, 3.05) is 31.6 Å². The summed E-state index contributed by atoms with van der Waals surface area (Å²) < 4.78 is 5.74. The number of hydrogen-bond donors (Lipinski definition) is 2. The minimum Gasteiger partial charge on any atom is -0.492 e. The quantitative estimate of drug-likeness (QED) is 0.773. The van der Waals surface area contributed by atoms with Gasteiger partial charge in [-0.15, -0.1) is 0 Å². The van der Waals surface area contributed by atoms with Crippen molar-refractivity contribution in [3.63, 3.8) is 0 Å². The molecule has 23 heavy (non-hydrogen) atoms. The third kappa shape index (κ3) is 4.94. The van der Waals surface area contributed by atoms with Gasteiger partial charge in [0.25, 0.3) is 0 Å². The SMILES string of the molecule is CCN(CC)CCOc1ccc(NC(=O)C2(N)CCCC2)cc1. The molecule has 1 aromatic rings. The van der Waals surface area contributed by atoms with Crippen molar-refractivity contribution >= 4 is 11.6 Å². The van der Waals surface area contributed by atoms with E-state index in [2.05, 4.69) is 24.1 Å². The summed E-state index contributed by atoms with van der Waals surface area (Å²) in [5.74, 6) is 0.740. The van der Waals surface area contributed by atoms with E-state index in [1.54, 1.807) is 0 Å². The molecule has 128 valence electrons. The molecule has 0 heterocycles. The molecule has 0 radical (unpaired) electrons. The van der Waals surface area contributed by atoms with Crippen molar-refractivity contribution in [3.05, 3.63) is 24.3 Å². The van der Waals surface area contributed by atoms with E-state index in [4.69, 9.17) is 10.5 Å². The summed E-state index contributed by atoms with van der Waals surface area (Å²) in [7, 11) is 0. The first-order valence-electron chi connectivity index (χ1n) is 8.63. The lowest BCUT2D eigenvalue weighted by atomic mass is 9.98. The monoisotopic (exact) mass is 319 g/mol. The molecular formula is C18H29N3O2. The van der Waals surface area contributed by atoms with Crippen molar-refractivity contribution in [1.29, 1.82) is 0 Å². The van der Waals surface area contributed by atoms with Crippen LogP contribution in [0, 0.1) is 0 Å². The molecule has 1 amide bonds. The first-order valence-corrected chi connectivity index (χ1v) is 8.63. The van der Waals surface area contributed by atoms with E-state index in [0.717, 1.165) is 56.8 Å². The van der Waals surface area contributed by atoms with Crippen LogP contribution in [0.3, 0.4) is 0 Å². The lowest BCUT2D eigenvalue weighted by Crippen LogP contribution is -2.48. The maximum Gasteiger partial charge on any atom is 0.244 e. The Morgan fingerprint density at radius 1 is 1.22 bits per heavy atom. The van der Waals surface area contributed by atoms with Crippen molar-refractivity contribution in [1.82, 2.24) is 4.90 Å². The Labute approximate surface area is 139 Å². The third-order valence-corrected chi connectivity index (χ3v) is 4.63. The van der Waals surface area contributed by atoms with E-state index in [9.17, 15) is 4.79 Å². The number of nitrogens with one attached hydrogen (secondary N) is 1. The number of benzene rings is 1. The van der Waals surface area contributed by atoms with E-state index in [-0.39, 0.29) is 5.91 Å². The van der Waals surface area contributed by atoms with Gasteiger partial charge in [0, 0.05) is 12.2 Å². The van der Waals surface area contributed by atoms with Crippen LogP contribution in [0.1, 0.15) is 39.5 Å². The predicted molar refractivity (Wildman–Crippen MR) is 93.7 cm³/mol. The van der Waals surface area contributed by atoms with Gasteiger partial charge in [-0.25, -0.2) is 0 Å². The molecule has 0 aromatic heterocycles. The molecule has 1 aromatic carbocycles. The smallest absolute Gasteiger partial charge is 0.244 e. The Morgan fingerprint density at radius 2 is 1.83 bits per heavy atom. The number of nitrogens with zero attached hydrogens (tertiary/aromatic N) is 1. The van der Waals surface area contributed by atoms with Crippen molar-refractivity contribution in [2.24, 2.45) is 5.73 Å². The molecule has 0 saturated heterocycles. The molecule has 1 saturated carbocycles. The molecule has 0 bridgehead atoms. The molecule has 0 unspecified atom stereocenters. The van der Waals surface area contributed by atoms with E-state index >= 15 is 0 Å². The second-order valence-corrected chi connectivity index (χ2v) is 6.22. The zero-order valence-electron chi connectivity index (χ0n) is 14.3. The second-order valence-electron chi connectivity index (χ2n) is 6.22. The minimum atomic E-state index is -0.696. The summed E-state index contributed by atoms with van der Waals surface area (Å²) >= 11 is 0. The van der Waals surface area contributed by atoms with Crippen LogP contribution >= 0.6 is 0 Å². The highest BCUT2D eigenvalue weighted by atomic mass is 16.5. The summed E-state index contributed by atoms with van der Waals surface area (Å²) in [6.07, 6.45) is 3.60. The van der Waals surface area contributed by atoms with Crippen LogP contribution in [-0.4, -0.2) is 42.6 Å². The largest absolute Gasteiger partial charge is 0.492 e. The molecule has 5 nitrogen and oxygen atoms in total. The highest BCUT2D eigenvalue weighted by Crippen LogP contribution is 2.28. The fourth-order valence-electron chi connectivity index (χ4n) is 2.96. The Kier molecular flexibility index (Phi) is 6.42. The van der Waals surface area contributed by atoms with Gasteiger partial charge >= 0.3 is 0 Å². The minimum absolute atomic E-state index is 0.0785. The van der Waals surface area contributed by atoms with Crippen LogP contribution in [-0.2, 0) is 4.79 Å². The summed E-state index contributed by atoms with van der Waals surface area (Å²) in [6, 6.07) is 7.50. The summed E-state index contributed by atoms with van der Waals surface area (Å²) in [5, 5.41) is 2.92. The van der Waals surface area contributed by atoms with Gasteiger partial charge in [0.15, 0.2) is 0 Å². The molecular weight excluding hydrogens is 290 g/mol. The van der Waals surface area contributed by atoms with Gasteiger partial charge < -0.3 is 20.7 Å². The van der Waals surface area contributed by atoms with Crippen LogP contribution in [0.4, 0.5) is 5.69 Å². The molecule has 0 aliphatic heterocycles. The summed E-state index contributed by atoms with van der Waals surface area (Å²) in [5.41, 5.74) is 6.23. The normalized spacial score (nSPS) is 16.5. The zero-order chi connectivity index (χ0) is 16.7. The number of hydrogen-bond acceptors (Lipinski definition) is 4. The summed E-state index contributed by atoms with van der Waals surface area (Å²) in [4.78, 5) is 14.6. The molecule has 1 aliphatic rings. The molecule has 3 N–H and O–H groups in total. The maximum absolute atomic E-state index is 12.3. The number of carbonyl (C=O) groups excluding carboxylic acids is 1. The number of nitrogens with two attached hydrogens (primary N) is 1. The van der Waals surface area contributed by atoms with Crippen molar-refractivity contribution < 1.29 is 9.53 Å². The molecule has 5 heteroatoms. The number of anilines is 1. The average molecular weight is 319 g/mol. The van der Waals surface area contributed by atoms with Crippen molar-refractivity contribution in [2.45, 2.75) is 45.1 Å². The highest BCUT2D eigenvalue weighted by molar-refractivity contribution is 5.98. The zero-order valence-corrected chi connectivity index (χ0v) is 14.3. The number of carbonyl (C=O) groups is 1. The fraction of sp³-hybridized carbons (Fsp3) is 0.611. The first-order chi connectivity index (χ1) is 11.1. The fourth-order valence-corrected chi connectivity index (χ4v) is 2.96. The van der Waals surface area contributed by atoms with Crippen LogP contribution < -0.4 is 15.8 Å². The van der Waals surface area contributed by atoms with Gasteiger partial charge in [0.2, 0.25) is 5.91 Å². The highest BCUT2D eigenvalue weighted by Gasteiger charge is 2.36.